The Morgan fingerprint density at radius 3 is 2.43 bits per heavy atom. The maximum absolute atomic E-state index is 11.1. The molecule has 1 N–H and O–H groups in total. The van der Waals surface area contributed by atoms with Crippen LogP contribution in [0.1, 0.15) is 11.1 Å². The van der Waals surface area contributed by atoms with Crippen molar-refractivity contribution in [3.05, 3.63) is 83.9 Å². The lowest BCUT2D eigenvalue weighted by atomic mass is 10.1. The highest BCUT2D eigenvalue weighted by molar-refractivity contribution is 5.77. The lowest BCUT2D eigenvalue weighted by Gasteiger charge is -2.14. The Bertz CT molecular complexity index is 1310. The molecule has 7 heteroatoms. The third-order valence-corrected chi connectivity index (χ3v) is 5.68. The number of rotatable bonds is 10. The van der Waals surface area contributed by atoms with E-state index in [1.54, 1.807) is 14.2 Å². The molecular formula is C28H28N2O5. The van der Waals surface area contributed by atoms with E-state index >= 15 is 0 Å². The van der Waals surface area contributed by atoms with E-state index in [0.717, 1.165) is 28.8 Å². The van der Waals surface area contributed by atoms with Crippen LogP contribution in [0.25, 0.3) is 22.5 Å². The maximum Gasteiger partial charge on any atom is 0.341 e. The lowest BCUT2D eigenvalue weighted by Crippen LogP contribution is -2.10. The van der Waals surface area contributed by atoms with Crippen LogP contribution in [0.4, 0.5) is 0 Å². The monoisotopic (exact) mass is 472 g/mol. The van der Waals surface area contributed by atoms with Crippen molar-refractivity contribution in [1.29, 1.82) is 0 Å². The van der Waals surface area contributed by atoms with Crippen molar-refractivity contribution in [3.63, 3.8) is 0 Å². The first-order valence-electron chi connectivity index (χ1n) is 11.3. The summed E-state index contributed by atoms with van der Waals surface area (Å²) in [6.45, 7) is 2.14. The molecule has 1 aromatic heterocycles. The largest absolute Gasteiger partial charge is 0.493 e. The number of carboxylic acids is 1. The first kappa shape index (κ1) is 23.9. The zero-order valence-corrected chi connectivity index (χ0v) is 20.0. The van der Waals surface area contributed by atoms with Crippen LogP contribution in [0.5, 0.6) is 17.2 Å². The van der Waals surface area contributed by atoms with Crippen LogP contribution in [0.15, 0.2) is 72.8 Å². The van der Waals surface area contributed by atoms with Crippen LogP contribution >= 0.6 is 0 Å². The Morgan fingerprint density at radius 2 is 1.71 bits per heavy atom. The molecule has 7 nitrogen and oxygen atoms in total. The molecule has 0 unspecified atom stereocenters. The van der Waals surface area contributed by atoms with E-state index in [0.29, 0.717) is 29.5 Å². The first-order chi connectivity index (χ1) is 17.0. The molecule has 0 spiro atoms. The molecule has 0 atom stereocenters. The van der Waals surface area contributed by atoms with Gasteiger partial charge in [-0.1, -0.05) is 42.5 Å². The third-order valence-electron chi connectivity index (χ3n) is 5.68. The fraction of sp³-hybridized carbons (Fsp3) is 0.214. The number of methoxy groups -OCH3 is 2. The van der Waals surface area contributed by atoms with Crippen LogP contribution < -0.4 is 14.2 Å². The summed E-state index contributed by atoms with van der Waals surface area (Å²) >= 11 is 0. The summed E-state index contributed by atoms with van der Waals surface area (Å²) in [7, 11) is 3.23. The summed E-state index contributed by atoms with van der Waals surface area (Å²) in [5, 5.41) is 14.0. The number of aromatic nitrogens is 2. The quantitative estimate of drug-likeness (QED) is 0.340. The van der Waals surface area contributed by atoms with Crippen LogP contribution in [0.2, 0.25) is 0 Å². The number of benzene rings is 3. The number of para-hydroxylation sites is 1. The molecule has 35 heavy (non-hydrogen) atoms. The van der Waals surface area contributed by atoms with E-state index in [9.17, 15) is 4.79 Å². The topological polar surface area (TPSA) is 82.8 Å². The zero-order valence-electron chi connectivity index (χ0n) is 20.0. The van der Waals surface area contributed by atoms with Crippen molar-refractivity contribution in [1.82, 2.24) is 9.78 Å². The minimum atomic E-state index is -1.03. The number of hydrogen-bond donors (Lipinski definition) is 1. The molecule has 0 bridgehead atoms. The van der Waals surface area contributed by atoms with Crippen LogP contribution in [-0.2, 0) is 17.8 Å². The normalized spacial score (nSPS) is 10.7. The molecule has 0 fully saturated rings. The van der Waals surface area contributed by atoms with Gasteiger partial charge < -0.3 is 19.3 Å². The van der Waals surface area contributed by atoms with E-state index in [-0.39, 0.29) is 0 Å². The van der Waals surface area contributed by atoms with Gasteiger partial charge in [-0.05, 0) is 54.8 Å². The van der Waals surface area contributed by atoms with Crippen molar-refractivity contribution in [2.75, 3.05) is 20.8 Å². The Kier molecular flexibility index (Phi) is 7.35. The van der Waals surface area contributed by atoms with Crippen molar-refractivity contribution in [3.8, 4) is 39.8 Å². The molecule has 0 amide bonds. The molecule has 0 saturated heterocycles. The van der Waals surface area contributed by atoms with Crippen LogP contribution in [-0.4, -0.2) is 41.7 Å². The second kappa shape index (κ2) is 10.8. The lowest BCUT2D eigenvalue weighted by molar-refractivity contribution is -0.139. The highest BCUT2D eigenvalue weighted by Crippen LogP contribution is 2.40. The zero-order chi connectivity index (χ0) is 24.8. The van der Waals surface area contributed by atoms with E-state index in [1.807, 2.05) is 72.3 Å². The Morgan fingerprint density at radius 1 is 0.914 bits per heavy atom. The third kappa shape index (κ3) is 5.46. The molecule has 0 saturated carbocycles. The second-order valence-corrected chi connectivity index (χ2v) is 8.10. The van der Waals surface area contributed by atoms with Gasteiger partial charge in [-0.2, -0.15) is 5.10 Å². The van der Waals surface area contributed by atoms with Gasteiger partial charge in [0, 0.05) is 17.7 Å². The predicted molar refractivity (Wildman–Crippen MR) is 134 cm³/mol. The SMILES string of the molecule is COc1cccc(-c2cc(-c3ccc(C)cc3OCC(=O)O)nn2CCc2ccccc2)c1OC. The number of aryl methyl sites for hydroxylation is 3. The van der Waals surface area contributed by atoms with Crippen LogP contribution in [0, 0.1) is 6.92 Å². The minimum Gasteiger partial charge on any atom is -0.493 e. The molecule has 1 heterocycles. The number of carbonyl (C=O) groups is 1. The molecule has 4 rings (SSSR count). The molecule has 0 radical (unpaired) electrons. The molecule has 180 valence electrons. The standard InChI is InChI=1S/C28H28N2O5/c1-19-12-13-21(26(16-19)35-18-27(31)32)23-17-24(22-10-7-11-25(33-2)28(22)34-3)30(29-23)15-14-20-8-5-4-6-9-20/h4-13,16-17H,14-15,18H2,1-3H3,(H,31,32). The molecule has 0 aliphatic heterocycles. The predicted octanol–water partition coefficient (Wildman–Crippen LogP) is 5.25. The van der Waals surface area contributed by atoms with Crippen molar-refractivity contribution >= 4 is 5.97 Å². The van der Waals surface area contributed by atoms with Gasteiger partial charge in [-0.15, -0.1) is 0 Å². The van der Waals surface area contributed by atoms with Crippen molar-refractivity contribution < 1.29 is 24.1 Å². The van der Waals surface area contributed by atoms with E-state index < -0.39 is 12.6 Å². The number of ether oxygens (including phenoxy) is 3. The van der Waals surface area contributed by atoms with Gasteiger partial charge in [0.1, 0.15) is 5.75 Å². The van der Waals surface area contributed by atoms with Crippen LogP contribution in [0.3, 0.4) is 0 Å². The van der Waals surface area contributed by atoms with Gasteiger partial charge in [-0.3, -0.25) is 4.68 Å². The minimum absolute atomic E-state index is 0.429. The summed E-state index contributed by atoms with van der Waals surface area (Å²) in [5.74, 6) is 0.689. The summed E-state index contributed by atoms with van der Waals surface area (Å²) in [5.41, 5.74) is 5.27. The van der Waals surface area contributed by atoms with E-state index in [1.165, 1.54) is 5.56 Å². The number of carboxylic acid groups (broad SMARTS) is 1. The Balaban J connectivity index is 1.81. The molecular weight excluding hydrogens is 444 g/mol. The maximum atomic E-state index is 11.1. The molecule has 3 aromatic carbocycles. The molecule has 0 aliphatic rings. The number of nitrogens with zero attached hydrogens (tertiary/aromatic N) is 2. The Labute approximate surface area is 204 Å². The smallest absolute Gasteiger partial charge is 0.341 e. The Hall–Kier alpha value is -4.26. The van der Waals surface area contributed by atoms with E-state index in [4.69, 9.17) is 24.4 Å². The highest BCUT2D eigenvalue weighted by atomic mass is 16.5. The first-order valence-corrected chi connectivity index (χ1v) is 11.3. The van der Waals surface area contributed by atoms with Crippen molar-refractivity contribution in [2.45, 2.75) is 19.9 Å². The highest BCUT2D eigenvalue weighted by Gasteiger charge is 2.20. The van der Waals surface area contributed by atoms with Gasteiger partial charge in [0.25, 0.3) is 0 Å². The van der Waals surface area contributed by atoms with Gasteiger partial charge in [0.15, 0.2) is 18.1 Å². The molecule has 0 aliphatic carbocycles. The van der Waals surface area contributed by atoms with Gasteiger partial charge in [0.2, 0.25) is 0 Å². The summed E-state index contributed by atoms with van der Waals surface area (Å²) in [6.07, 6.45) is 0.789. The average molecular weight is 473 g/mol. The van der Waals surface area contributed by atoms with Gasteiger partial charge >= 0.3 is 5.97 Å². The fourth-order valence-electron chi connectivity index (χ4n) is 4.00. The summed E-state index contributed by atoms with van der Waals surface area (Å²) in [4.78, 5) is 11.1. The number of hydrogen-bond acceptors (Lipinski definition) is 5. The average Bonchev–Trinajstić information content (AvgIpc) is 3.30. The van der Waals surface area contributed by atoms with E-state index in [2.05, 4.69) is 12.1 Å². The van der Waals surface area contributed by atoms with Gasteiger partial charge in [-0.25, -0.2) is 4.79 Å². The number of aliphatic carboxylic acids is 1. The van der Waals surface area contributed by atoms with Crippen molar-refractivity contribution in [2.24, 2.45) is 0 Å². The fourth-order valence-corrected chi connectivity index (χ4v) is 4.00. The summed E-state index contributed by atoms with van der Waals surface area (Å²) < 4.78 is 18.8. The summed E-state index contributed by atoms with van der Waals surface area (Å²) in [6, 6.07) is 23.6. The second-order valence-electron chi connectivity index (χ2n) is 8.10. The molecule has 4 aromatic rings. The van der Waals surface area contributed by atoms with Gasteiger partial charge in [0.05, 0.1) is 25.6 Å².